The van der Waals surface area contributed by atoms with Gasteiger partial charge in [0.2, 0.25) is 11.8 Å². The van der Waals surface area contributed by atoms with Gasteiger partial charge in [-0.25, -0.2) is 4.98 Å². The molecule has 2 aromatic rings. The Labute approximate surface area is 172 Å². The molecule has 0 atom stereocenters. The first-order chi connectivity index (χ1) is 13.5. The summed E-state index contributed by atoms with van der Waals surface area (Å²) in [6.07, 6.45) is 2.32. The average molecular weight is 427 g/mol. The number of thioether (sulfide) groups is 1. The van der Waals surface area contributed by atoms with Gasteiger partial charge >= 0.3 is 0 Å². The lowest BCUT2D eigenvalue weighted by atomic mass is 10.3. The van der Waals surface area contributed by atoms with Crippen LogP contribution in [0.3, 0.4) is 0 Å². The molecular formula is C18H23ClN4O4S. The van der Waals surface area contributed by atoms with E-state index in [-0.39, 0.29) is 30.7 Å². The zero-order chi connectivity index (χ0) is 20.5. The van der Waals surface area contributed by atoms with Crippen LogP contribution in [0.5, 0.6) is 5.75 Å². The second-order valence-corrected chi connectivity index (χ2v) is 7.19. The molecule has 0 saturated carbocycles. The van der Waals surface area contributed by atoms with Crippen molar-refractivity contribution in [1.29, 1.82) is 0 Å². The molecule has 0 bridgehead atoms. The molecule has 1 aromatic heterocycles. The molecule has 0 aliphatic rings. The molecule has 1 heterocycles. The highest BCUT2D eigenvalue weighted by Gasteiger charge is 2.15. The first kappa shape index (κ1) is 22.1. The largest absolute Gasteiger partial charge is 0.495 e. The minimum absolute atomic E-state index is 0.0297. The van der Waals surface area contributed by atoms with E-state index in [1.54, 1.807) is 22.8 Å². The predicted molar refractivity (Wildman–Crippen MR) is 109 cm³/mol. The summed E-state index contributed by atoms with van der Waals surface area (Å²) in [6, 6.07) is 4.94. The molecule has 10 heteroatoms. The van der Waals surface area contributed by atoms with Gasteiger partial charge in [0.05, 0.1) is 37.0 Å². The number of hydrogen-bond donors (Lipinski definition) is 3. The zero-order valence-electron chi connectivity index (χ0n) is 15.7. The number of benzene rings is 1. The minimum Gasteiger partial charge on any atom is -0.495 e. The summed E-state index contributed by atoms with van der Waals surface area (Å²) < 4.78 is 6.81. The van der Waals surface area contributed by atoms with Crippen LogP contribution in [0, 0.1) is 0 Å². The number of methoxy groups -OCH3 is 1. The first-order valence-electron chi connectivity index (χ1n) is 8.66. The maximum absolute atomic E-state index is 12.3. The van der Waals surface area contributed by atoms with Crippen molar-refractivity contribution < 1.29 is 19.4 Å². The lowest BCUT2D eigenvalue weighted by Crippen LogP contribution is -2.29. The topological polar surface area (TPSA) is 105 Å². The fourth-order valence-corrected chi connectivity index (χ4v) is 3.33. The molecule has 0 saturated heterocycles. The number of ether oxygens (including phenoxy) is 1. The van der Waals surface area contributed by atoms with Crippen LogP contribution in [0.2, 0.25) is 5.02 Å². The Hall–Kier alpha value is -2.23. The summed E-state index contributed by atoms with van der Waals surface area (Å²) in [5, 5.41) is 15.9. The number of rotatable bonds is 10. The van der Waals surface area contributed by atoms with Crippen molar-refractivity contribution in [3.8, 4) is 5.75 Å². The van der Waals surface area contributed by atoms with Gasteiger partial charge in [0.1, 0.15) is 12.3 Å². The molecule has 0 spiro atoms. The summed E-state index contributed by atoms with van der Waals surface area (Å²) in [6.45, 7) is 2.32. The Morgan fingerprint density at radius 1 is 1.36 bits per heavy atom. The molecule has 2 rings (SSSR count). The third-order valence-electron chi connectivity index (χ3n) is 3.71. The van der Waals surface area contributed by atoms with Crippen molar-refractivity contribution in [2.45, 2.75) is 31.7 Å². The zero-order valence-corrected chi connectivity index (χ0v) is 17.3. The van der Waals surface area contributed by atoms with Crippen LogP contribution in [0.4, 0.5) is 5.69 Å². The normalized spacial score (nSPS) is 10.6. The van der Waals surface area contributed by atoms with E-state index < -0.39 is 0 Å². The monoisotopic (exact) mass is 426 g/mol. The van der Waals surface area contributed by atoms with Gasteiger partial charge in [-0.15, -0.1) is 0 Å². The summed E-state index contributed by atoms with van der Waals surface area (Å²) in [7, 11) is 1.50. The molecular weight excluding hydrogens is 404 g/mol. The Balaban J connectivity index is 2.02. The number of nitrogens with one attached hydrogen (secondary N) is 2. The number of carbonyl (C=O) groups excluding carboxylic acids is 2. The molecule has 152 valence electrons. The highest BCUT2D eigenvalue weighted by molar-refractivity contribution is 7.99. The van der Waals surface area contributed by atoms with Crippen molar-refractivity contribution in [3.05, 3.63) is 35.1 Å². The maximum Gasteiger partial charge on any atom is 0.240 e. The highest BCUT2D eigenvalue weighted by Crippen LogP contribution is 2.28. The lowest BCUT2D eigenvalue weighted by molar-refractivity contribution is -0.121. The van der Waals surface area contributed by atoms with Crippen LogP contribution >= 0.6 is 23.4 Å². The number of aromatic nitrogens is 2. The van der Waals surface area contributed by atoms with Gasteiger partial charge in [-0.05, 0) is 24.6 Å². The number of hydrogen-bond acceptors (Lipinski definition) is 6. The number of aliphatic hydroxyl groups is 1. The highest BCUT2D eigenvalue weighted by atomic mass is 35.5. The third-order valence-corrected chi connectivity index (χ3v) is 4.93. The minimum atomic E-state index is -0.277. The Bertz CT molecular complexity index is 828. The molecule has 1 aromatic carbocycles. The van der Waals surface area contributed by atoms with Crippen molar-refractivity contribution in [3.63, 3.8) is 0 Å². The predicted octanol–water partition coefficient (Wildman–Crippen LogP) is 2.29. The van der Waals surface area contributed by atoms with Gasteiger partial charge in [0.25, 0.3) is 0 Å². The van der Waals surface area contributed by atoms with Gasteiger partial charge in [-0.2, -0.15) is 0 Å². The molecule has 0 radical (unpaired) electrons. The van der Waals surface area contributed by atoms with Gasteiger partial charge in [0.15, 0.2) is 5.16 Å². The van der Waals surface area contributed by atoms with E-state index >= 15 is 0 Å². The van der Waals surface area contributed by atoms with Crippen molar-refractivity contribution in [2.24, 2.45) is 0 Å². The van der Waals surface area contributed by atoms with Gasteiger partial charge in [-0.1, -0.05) is 30.3 Å². The number of halogens is 1. The molecule has 0 unspecified atom stereocenters. The number of amides is 2. The van der Waals surface area contributed by atoms with Crippen LogP contribution in [-0.2, 0) is 22.7 Å². The second kappa shape index (κ2) is 10.9. The summed E-state index contributed by atoms with van der Waals surface area (Å²) in [4.78, 5) is 28.5. The fraction of sp³-hybridized carbons (Fsp3) is 0.389. The average Bonchev–Trinajstić information content (AvgIpc) is 3.06. The number of imidazole rings is 1. The molecule has 0 aliphatic carbocycles. The van der Waals surface area contributed by atoms with Crippen LogP contribution in [-0.4, -0.2) is 45.9 Å². The number of anilines is 1. The van der Waals surface area contributed by atoms with Crippen LogP contribution in [0.1, 0.15) is 19.0 Å². The van der Waals surface area contributed by atoms with E-state index in [1.165, 1.54) is 25.1 Å². The number of aliphatic hydroxyl groups excluding tert-OH is 1. The summed E-state index contributed by atoms with van der Waals surface area (Å²) in [5.74, 6) is 0.110. The first-order valence-corrected chi connectivity index (χ1v) is 10.0. The third kappa shape index (κ3) is 6.15. The van der Waals surface area contributed by atoms with Gasteiger partial charge in [0, 0.05) is 11.6 Å². The second-order valence-electron chi connectivity index (χ2n) is 5.81. The van der Waals surface area contributed by atoms with Crippen LogP contribution in [0.15, 0.2) is 29.6 Å². The lowest BCUT2D eigenvalue weighted by Gasteiger charge is -2.12. The van der Waals surface area contributed by atoms with Crippen LogP contribution < -0.4 is 15.4 Å². The molecule has 3 N–H and O–H groups in total. The Morgan fingerprint density at radius 3 is 2.82 bits per heavy atom. The standard InChI is InChI=1S/C18H23ClN4O4S/c1-3-6-20-16(25)9-23-13(10-24)8-21-18(23)28-11-17(26)22-14-7-12(19)4-5-15(14)27-2/h4-5,7-8,24H,3,6,9-11H2,1-2H3,(H,20,25)(H,22,26). The molecule has 8 nitrogen and oxygen atoms in total. The maximum atomic E-state index is 12.3. The number of nitrogens with zero attached hydrogens (tertiary/aromatic N) is 2. The van der Waals surface area contributed by atoms with Gasteiger partial charge in [-0.3, -0.25) is 9.59 Å². The molecule has 2 amide bonds. The number of carbonyl (C=O) groups is 2. The van der Waals surface area contributed by atoms with E-state index in [9.17, 15) is 14.7 Å². The SMILES string of the molecule is CCCNC(=O)Cn1c(CO)cnc1SCC(=O)Nc1cc(Cl)ccc1OC. The smallest absolute Gasteiger partial charge is 0.240 e. The Morgan fingerprint density at radius 2 is 2.14 bits per heavy atom. The summed E-state index contributed by atoms with van der Waals surface area (Å²) in [5.41, 5.74) is 0.977. The fourth-order valence-electron chi connectivity index (χ4n) is 2.36. The quantitative estimate of drug-likeness (QED) is 0.503. The van der Waals surface area contributed by atoms with Crippen molar-refractivity contribution >= 4 is 40.9 Å². The Kier molecular flexibility index (Phi) is 8.62. The van der Waals surface area contributed by atoms with Crippen molar-refractivity contribution in [2.75, 3.05) is 24.7 Å². The molecule has 28 heavy (non-hydrogen) atoms. The summed E-state index contributed by atoms with van der Waals surface area (Å²) >= 11 is 7.14. The van der Waals surface area contributed by atoms with E-state index in [1.807, 2.05) is 6.92 Å². The van der Waals surface area contributed by atoms with Crippen LogP contribution in [0.25, 0.3) is 0 Å². The van der Waals surface area contributed by atoms with E-state index in [0.29, 0.717) is 33.9 Å². The van der Waals surface area contributed by atoms with E-state index in [4.69, 9.17) is 16.3 Å². The van der Waals surface area contributed by atoms with E-state index in [2.05, 4.69) is 15.6 Å². The van der Waals surface area contributed by atoms with Gasteiger partial charge < -0.3 is 25.0 Å². The van der Waals surface area contributed by atoms with E-state index in [0.717, 1.165) is 6.42 Å². The van der Waals surface area contributed by atoms with Crippen molar-refractivity contribution in [1.82, 2.24) is 14.9 Å². The molecule has 0 aliphatic heterocycles. The molecule has 0 fully saturated rings.